The highest BCUT2D eigenvalue weighted by Crippen LogP contribution is 2.37. The van der Waals surface area contributed by atoms with E-state index >= 15 is 0 Å². The zero-order chi connectivity index (χ0) is 23.7. The number of hydrogen-bond acceptors (Lipinski definition) is 5. The van der Waals surface area contributed by atoms with Crippen molar-refractivity contribution in [2.75, 3.05) is 11.9 Å². The molecule has 5 rings (SSSR count). The summed E-state index contributed by atoms with van der Waals surface area (Å²) in [6, 6.07) is 4.56. The van der Waals surface area contributed by atoms with Crippen molar-refractivity contribution in [2.45, 2.75) is 76.1 Å². The molecule has 2 heterocycles. The van der Waals surface area contributed by atoms with Crippen LogP contribution in [0.15, 0.2) is 24.4 Å². The average Bonchev–Trinajstić information content (AvgIpc) is 3.51. The third kappa shape index (κ3) is 5.13. The molecule has 2 aliphatic carbocycles. The van der Waals surface area contributed by atoms with Crippen LogP contribution in [0.4, 0.5) is 15.1 Å². The summed E-state index contributed by atoms with van der Waals surface area (Å²) in [5.41, 5.74) is 2.75. The van der Waals surface area contributed by atoms with E-state index in [1.54, 1.807) is 17.0 Å². The lowest BCUT2D eigenvalue weighted by molar-refractivity contribution is 0.181. The summed E-state index contributed by atoms with van der Waals surface area (Å²) in [4.78, 5) is 24.2. The Morgan fingerprint density at radius 2 is 2.06 bits per heavy atom. The van der Waals surface area contributed by atoms with Crippen LogP contribution in [0.25, 0.3) is 0 Å². The first-order valence-electron chi connectivity index (χ1n) is 12.3. The Morgan fingerprint density at radius 3 is 2.79 bits per heavy atom. The molecule has 2 saturated carbocycles. The van der Waals surface area contributed by atoms with Crippen molar-refractivity contribution >= 4 is 23.6 Å². The first kappa shape index (κ1) is 23.3. The van der Waals surface area contributed by atoms with Crippen molar-refractivity contribution in [3.05, 3.63) is 52.1 Å². The number of anilines is 1. The molecule has 3 atom stereocenters. The van der Waals surface area contributed by atoms with Gasteiger partial charge in [-0.2, -0.15) is 0 Å². The summed E-state index contributed by atoms with van der Waals surface area (Å²) >= 11 is 6.06. The fraction of sp³-hybridized carbons (Fsp3) is 0.560. The number of rotatable bonds is 5. The molecule has 182 valence electrons. The molecule has 9 heteroatoms. The largest absolute Gasteiger partial charge is 0.393 e. The van der Waals surface area contributed by atoms with Crippen LogP contribution >= 0.6 is 11.6 Å². The number of nitrogens with zero attached hydrogens (tertiary/aromatic N) is 3. The maximum atomic E-state index is 13.8. The fourth-order valence-electron chi connectivity index (χ4n) is 5.51. The number of urea groups is 1. The molecule has 2 amide bonds. The second kappa shape index (κ2) is 10.0. The molecule has 0 radical (unpaired) electrons. The van der Waals surface area contributed by atoms with Crippen molar-refractivity contribution in [1.29, 1.82) is 0 Å². The van der Waals surface area contributed by atoms with Gasteiger partial charge in [-0.05, 0) is 67.7 Å². The lowest BCUT2D eigenvalue weighted by Gasteiger charge is -2.32. The van der Waals surface area contributed by atoms with Gasteiger partial charge in [-0.3, -0.25) is 0 Å². The minimum Gasteiger partial charge on any atom is -0.393 e. The minimum absolute atomic E-state index is 0.0770. The third-order valence-electron chi connectivity index (χ3n) is 7.42. The molecule has 0 saturated heterocycles. The number of aliphatic hydroxyl groups is 1. The van der Waals surface area contributed by atoms with Gasteiger partial charge >= 0.3 is 6.03 Å². The lowest BCUT2D eigenvalue weighted by Crippen LogP contribution is -2.45. The average molecular weight is 488 g/mol. The molecule has 7 nitrogen and oxygen atoms in total. The van der Waals surface area contributed by atoms with Crippen molar-refractivity contribution in [3.63, 3.8) is 0 Å². The van der Waals surface area contributed by atoms with Gasteiger partial charge in [0.2, 0.25) is 5.95 Å². The molecule has 1 aromatic carbocycles. The van der Waals surface area contributed by atoms with Crippen molar-refractivity contribution in [1.82, 2.24) is 20.2 Å². The maximum Gasteiger partial charge on any atom is 0.318 e. The molecule has 2 fully saturated rings. The van der Waals surface area contributed by atoms with Crippen molar-refractivity contribution in [2.24, 2.45) is 5.92 Å². The maximum absolute atomic E-state index is 13.8. The first-order chi connectivity index (χ1) is 16.5. The van der Waals surface area contributed by atoms with E-state index in [1.165, 1.54) is 6.07 Å². The van der Waals surface area contributed by atoms with Crippen LogP contribution in [0.3, 0.4) is 0 Å². The normalized spacial score (nSPS) is 23.6. The van der Waals surface area contributed by atoms with Gasteiger partial charge in [0, 0.05) is 18.8 Å². The molecule has 3 unspecified atom stereocenters. The van der Waals surface area contributed by atoms with Crippen molar-refractivity contribution in [3.8, 4) is 0 Å². The number of nitrogens with one attached hydrogen (secondary N) is 2. The monoisotopic (exact) mass is 487 g/mol. The molecule has 34 heavy (non-hydrogen) atoms. The Bertz CT molecular complexity index is 1050. The molecular weight excluding hydrogens is 457 g/mol. The predicted octanol–water partition coefficient (Wildman–Crippen LogP) is 4.59. The number of aromatic nitrogens is 2. The standard InChI is InChI=1S/C25H31ClFN5O2/c26-20-11-16(5-8-21(20)27)23(15-3-1-2-4-15)31-25(34)32-10-9-17-13-28-24(30-22(17)14-32)29-18-6-7-19(33)12-18/h5,8,11,13,15,18-19,23,33H,1-4,6-7,9-10,12,14H2,(H,31,34)(H,28,29,30). The van der Waals surface area contributed by atoms with E-state index in [1.807, 2.05) is 6.20 Å². The summed E-state index contributed by atoms with van der Waals surface area (Å²) < 4.78 is 13.8. The van der Waals surface area contributed by atoms with E-state index in [4.69, 9.17) is 11.6 Å². The van der Waals surface area contributed by atoms with E-state index < -0.39 is 5.82 Å². The number of amides is 2. The molecule has 2 aromatic rings. The molecule has 1 aromatic heterocycles. The van der Waals surface area contributed by atoms with Gasteiger partial charge in [0.1, 0.15) is 5.82 Å². The van der Waals surface area contributed by atoms with E-state index in [9.17, 15) is 14.3 Å². The Balaban J connectivity index is 1.28. The number of carbonyl (C=O) groups excluding carboxylic acids is 1. The number of halogens is 2. The highest BCUT2D eigenvalue weighted by Gasteiger charge is 2.31. The van der Waals surface area contributed by atoms with Crippen LogP contribution in [0, 0.1) is 11.7 Å². The summed E-state index contributed by atoms with van der Waals surface area (Å²) in [5.74, 6) is 0.401. The lowest BCUT2D eigenvalue weighted by atomic mass is 9.91. The van der Waals surface area contributed by atoms with Gasteiger partial charge in [-0.25, -0.2) is 19.2 Å². The number of aliphatic hydroxyl groups excluding tert-OH is 1. The fourth-order valence-corrected chi connectivity index (χ4v) is 5.70. The SMILES string of the molecule is O=C(NC(c1ccc(F)c(Cl)c1)C1CCCC1)N1CCc2cnc(NC3CCC(O)C3)nc2C1. The number of carbonyl (C=O) groups is 1. The van der Waals surface area contributed by atoms with E-state index in [0.717, 1.165) is 55.3 Å². The molecule has 0 spiro atoms. The van der Waals surface area contributed by atoms with Crippen LogP contribution in [0.2, 0.25) is 5.02 Å². The Labute approximate surface area is 204 Å². The second-order valence-corrected chi connectivity index (χ2v) is 10.2. The van der Waals surface area contributed by atoms with Gasteiger partial charge in [0.15, 0.2) is 0 Å². The first-order valence-corrected chi connectivity index (χ1v) is 12.6. The zero-order valence-corrected chi connectivity index (χ0v) is 19.9. The smallest absolute Gasteiger partial charge is 0.318 e. The quantitative estimate of drug-likeness (QED) is 0.573. The van der Waals surface area contributed by atoms with Gasteiger partial charge in [-0.15, -0.1) is 0 Å². The van der Waals surface area contributed by atoms with Crippen molar-refractivity contribution < 1.29 is 14.3 Å². The van der Waals surface area contributed by atoms with Crippen LogP contribution < -0.4 is 10.6 Å². The minimum atomic E-state index is -0.453. The highest BCUT2D eigenvalue weighted by molar-refractivity contribution is 6.30. The van der Waals surface area contributed by atoms with Crippen LogP contribution in [-0.4, -0.2) is 44.7 Å². The molecule has 0 bridgehead atoms. The van der Waals surface area contributed by atoms with Crippen LogP contribution in [-0.2, 0) is 13.0 Å². The summed E-state index contributed by atoms with van der Waals surface area (Å²) in [7, 11) is 0. The summed E-state index contributed by atoms with van der Waals surface area (Å²) in [5, 5.41) is 16.4. The van der Waals surface area contributed by atoms with E-state index in [2.05, 4.69) is 20.6 Å². The van der Waals surface area contributed by atoms with E-state index in [-0.39, 0.29) is 29.2 Å². The molecular formula is C25H31ClFN5O2. The number of hydrogen-bond donors (Lipinski definition) is 3. The Kier molecular flexibility index (Phi) is 6.88. The second-order valence-electron chi connectivity index (χ2n) is 9.79. The van der Waals surface area contributed by atoms with E-state index in [0.29, 0.717) is 37.8 Å². The number of benzene rings is 1. The molecule has 3 aliphatic rings. The predicted molar refractivity (Wildman–Crippen MR) is 128 cm³/mol. The van der Waals surface area contributed by atoms with Crippen LogP contribution in [0.1, 0.15) is 67.8 Å². The molecule has 1 aliphatic heterocycles. The summed E-state index contributed by atoms with van der Waals surface area (Å²) in [6.07, 6.45) is 8.98. The third-order valence-corrected chi connectivity index (χ3v) is 7.71. The highest BCUT2D eigenvalue weighted by atomic mass is 35.5. The zero-order valence-electron chi connectivity index (χ0n) is 19.1. The Morgan fingerprint density at radius 1 is 1.24 bits per heavy atom. The number of fused-ring (bicyclic) bond motifs is 1. The van der Waals surface area contributed by atoms with Gasteiger partial charge in [0.25, 0.3) is 0 Å². The topological polar surface area (TPSA) is 90.4 Å². The summed E-state index contributed by atoms with van der Waals surface area (Å²) in [6.45, 7) is 0.999. The Hall–Kier alpha value is -2.45. The van der Waals surface area contributed by atoms with Crippen LogP contribution in [0.5, 0.6) is 0 Å². The van der Waals surface area contributed by atoms with Gasteiger partial charge in [0.05, 0.1) is 29.4 Å². The van der Waals surface area contributed by atoms with Gasteiger partial charge < -0.3 is 20.6 Å². The van der Waals surface area contributed by atoms with Gasteiger partial charge in [-0.1, -0.05) is 30.5 Å². The molecule has 3 N–H and O–H groups in total.